The number of aromatic amines is 1. The first kappa shape index (κ1) is 25.1. The lowest BCUT2D eigenvalue weighted by atomic mass is 9.98. The van der Waals surface area contributed by atoms with Gasteiger partial charge in [0, 0.05) is 37.3 Å². The zero-order valence-electron chi connectivity index (χ0n) is 21.9. The summed E-state index contributed by atoms with van der Waals surface area (Å²) in [6, 6.07) is 14.5. The maximum Gasteiger partial charge on any atom is 0.253 e. The Bertz CT molecular complexity index is 1450. The molecular formula is C28H34FN7O. The summed E-state index contributed by atoms with van der Waals surface area (Å²) in [4.78, 5) is 20.9. The lowest BCUT2D eigenvalue weighted by molar-refractivity contribution is 0.186. The Hall–Kier alpha value is -3.59. The van der Waals surface area contributed by atoms with E-state index in [1.165, 1.54) is 11.6 Å². The second-order valence-corrected chi connectivity index (χ2v) is 10.3. The van der Waals surface area contributed by atoms with Crippen LogP contribution in [0.1, 0.15) is 57.1 Å². The van der Waals surface area contributed by atoms with E-state index in [1.807, 2.05) is 35.0 Å². The molecule has 9 heteroatoms. The van der Waals surface area contributed by atoms with Gasteiger partial charge < -0.3 is 9.88 Å². The molecule has 0 amide bonds. The average Bonchev–Trinajstić information content (AvgIpc) is 3.40. The minimum absolute atomic E-state index is 0.151. The van der Waals surface area contributed by atoms with Crippen molar-refractivity contribution in [3.8, 4) is 0 Å². The van der Waals surface area contributed by atoms with Crippen molar-refractivity contribution in [2.45, 2.75) is 52.1 Å². The molecule has 1 saturated heterocycles. The van der Waals surface area contributed by atoms with Crippen molar-refractivity contribution in [3.63, 3.8) is 0 Å². The summed E-state index contributed by atoms with van der Waals surface area (Å²) in [5.41, 5.74) is 2.75. The van der Waals surface area contributed by atoms with E-state index in [2.05, 4.69) is 64.1 Å². The minimum Gasteiger partial charge on any atom is -0.367 e. The lowest BCUT2D eigenvalue weighted by Gasteiger charge is -2.40. The third kappa shape index (κ3) is 4.75. The molecule has 0 unspecified atom stereocenters. The molecule has 0 spiro atoms. The Morgan fingerprint density at radius 3 is 2.51 bits per heavy atom. The van der Waals surface area contributed by atoms with Gasteiger partial charge in [-0.1, -0.05) is 32.0 Å². The first-order valence-electron chi connectivity index (χ1n) is 13.0. The maximum absolute atomic E-state index is 14.5. The number of anilines is 1. The van der Waals surface area contributed by atoms with Gasteiger partial charge in [-0.15, -0.1) is 5.10 Å². The number of benzene rings is 2. The Balaban J connectivity index is 1.58. The van der Waals surface area contributed by atoms with Gasteiger partial charge in [0.25, 0.3) is 5.56 Å². The number of para-hydroxylation sites is 1. The normalized spacial score (nSPS) is 15.9. The summed E-state index contributed by atoms with van der Waals surface area (Å²) >= 11 is 0. The molecule has 8 nitrogen and oxygen atoms in total. The fraction of sp³-hybridized carbons (Fsp3) is 0.429. The van der Waals surface area contributed by atoms with E-state index in [-0.39, 0.29) is 16.9 Å². The largest absolute Gasteiger partial charge is 0.367 e. The topological polar surface area (TPSA) is 82.9 Å². The average molecular weight is 504 g/mol. The van der Waals surface area contributed by atoms with Crippen molar-refractivity contribution in [1.29, 1.82) is 0 Å². The van der Waals surface area contributed by atoms with Gasteiger partial charge in [-0.3, -0.25) is 9.69 Å². The zero-order valence-corrected chi connectivity index (χ0v) is 21.9. The molecule has 2 aromatic heterocycles. The first-order valence-corrected chi connectivity index (χ1v) is 13.0. The smallest absolute Gasteiger partial charge is 0.253 e. The molecule has 2 aromatic carbocycles. The standard InChI is InChI=1S/C28H34FN7O/c1-5-19-11-12-23-20(17-19)18-21(27(37)30-23)25(26-31-32-33-36(26)28(3,4)6-2)35-15-13-34(14-16-35)24-10-8-7-9-22(24)29/h7-12,17-18,25H,5-6,13-16H2,1-4H3,(H,30,37)/t25-/m1/s1. The Kier molecular flexibility index (Phi) is 6.81. The van der Waals surface area contributed by atoms with Gasteiger partial charge in [0.2, 0.25) is 0 Å². The monoisotopic (exact) mass is 503 g/mol. The van der Waals surface area contributed by atoms with E-state index in [4.69, 9.17) is 0 Å². The van der Waals surface area contributed by atoms with Gasteiger partial charge in [-0.25, -0.2) is 9.07 Å². The van der Waals surface area contributed by atoms with Gasteiger partial charge in [0.15, 0.2) is 5.82 Å². The third-order valence-electron chi connectivity index (χ3n) is 7.69. The number of aromatic nitrogens is 5. The molecule has 1 N–H and O–H groups in total. The number of nitrogens with one attached hydrogen (secondary N) is 1. The number of tetrazole rings is 1. The molecule has 1 aliphatic rings. The number of piperazine rings is 1. The number of pyridine rings is 1. The number of rotatable bonds is 7. The van der Waals surface area contributed by atoms with E-state index in [9.17, 15) is 9.18 Å². The zero-order chi connectivity index (χ0) is 26.2. The van der Waals surface area contributed by atoms with Crippen molar-refractivity contribution in [3.05, 3.63) is 81.7 Å². The highest BCUT2D eigenvalue weighted by atomic mass is 19.1. The molecular weight excluding hydrogens is 469 g/mol. The summed E-state index contributed by atoms with van der Waals surface area (Å²) < 4.78 is 16.3. The fourth-order valence-corrected chi connectivity index (χ4v) is 5.07. The number of fused-ring (bicyclic) bond motifs is 1. The predicted molar refractivity (Wildman–Crippen MR) is 143 cm³/mol. The van der Waals surface area contributed by atoms with Crippen molar-refractivity contribution in [2.24, 2.45) is 0 Å². The Labute approximate surface area is 216 Å². The summed E-state index contributed by atoms with van der Waals surface area (Å²) in [7, 11) is 0. The van der Waals surface area contributed by atoms with Gasteiger partial charge in [0.05, 0.1) is 11.2 Å². The highest BCUT2D eigenvalue weighted by Gasteiger charge is 2.36. The third-order valence-corrected chi connectivity index (χ3v) is 7.69. The fourth-order valence-electron chi connectivity index (χ4n) is 5.07. The van der Waals surface area contributed by atoms with Crippen molar-refractivity contribution < 1.29 is 4.39 Å². The number of aryl methyl sites for hydroxylation is 1. The maximum atomic E-state index is 14.5. The molecule has 0 radical (unpaired) electrons. The van der Waals surface area contributed by atoms with Gasteiger partial charge >= 0.3 is 0 Å². The second kappa shape index (κ2) is 10.0. The number of H-pyrrole nitrogens is 1. The van der Waals surface area contributed by atoms with E-state index in [0.717, 1.165) is 23.7 Å². The van der Waals surface area contributed by atoms with E-state index < -0.39 is 6.04 Å². The lowest BCUT2D eigenvalue weighted by Crippen LogP contribution is -2.49. The summed E-state index contributed by atoms with van der Waals surface area (Å²) in [6.45, 7) is 10.9. The van der Waals surface area contributed by atoms with Crippen LogP contribution in [0.4, 0.5) is 10.1 Å². The number of nitrogens with zero attached hydrogens (tertiary/aromatic N) is 6. The molecule has 0 saturated carbocycles. The van der Waals surface area contributed by atoms with Crippen molar-refractivity contribution >= 4 is 16.6 Å². The molecule has 1 aliphatic heterocycles. The van der Waals surface area contributed by atoms with Crippen LogP contribution >= 0.6 is 0 Å². The van der Waals surface area contributed by atoms with Crippen LogP contribution in [0.25, 0.3) is 10.9 Å². The van der Waals surface area contributed by atoms with Gasteiger partial charge in [-0.2, -0.15) is 0 Å². The Morgan fingerprint density at radius 2 is 1.81 bits per heavy atom. The SMILES string of the molecule is CCc1ccc2[nH]c(=O)c([C@H](c3nnnn3C(C)(C)CC)N3CCN(c4ccccc4F)CC3)cc2c1. The Morgan fingerprint density at radius 1 is 1.05 bits per heavy atom. The number of hydrogen-bond donors (Lipinski definition) is 1. The second-order valence-electron chi connectivity index (χ2n) is 10.3. The van der Waals surface area contributed by atoms with E-state index >= 15 is 0 Å². The van der Waals surface area contributed by atoms with Crippen LogP contribution in [0.2, 0.25) is 0 Å². The summed E-state index contributed by atoms with van der Waals surface area (Å²) in [5.74, 6) is 0.418. The van der Waals surface area contributed by atoms with Crippen LogP contribution in [0.3, 0.4) is 0 Å². The predicted octanol–water partition coefficient (Wildman–Crippen LogP) is 4.27. The molecule has 0 bridgehead atoms. The van der Waals surface area contributed by atoms with Crippen LogP contribution < -0.4 is 10.5 Å². The minimum atomic E-state index is -0.443. The first-order chi connectivity index (χ1) is 17.8. The summed E-state index contributed by atoms with van der Waals surface area (Å²) in [6.07, 6.45) is 1.74. The molecule has 1 fully saturated rings. The molecule has 5 rings (SSSR count). The molecule has 194 valence electrons. The quantitative estimate of drug-likeness (QED) is 0.406. The van der Waals surface area contributed by atoms with E-state index in [1.54, 1.807) is 6.07 Å². The van der Waals surface area contributed by atoms with Crippen molar-refractivity contribution in [2.75, 3.05) is 31.1 Å². The molecule has 0 aliphatic carbocycles. The highest BCUT2D eigenvalue weighted by Crippen LogP contribution is 2.32. The summed E-state index contributed by atoms with van der Waals surface area (Å²) in [5, 5.41) is 13.8. The van der Waals surface area contributed by atoms with E-state index in [0.29, 0.717) is 43.3 Å². The highest BCUT2D eigenvalue weighted by molar-refractivity contribution is 5.80. The molecule has 3 heterocycles. The number of hydrogen-bond acceptors (Lipinski definition) is 6. The molecule has 37 heavy (non-hydrogen) atoms. The van der Waals surface area contributed by atoms with Crippen LogP contribution in [0.5, 0.6) is 0 Å². The van der Waals surface area contributed by atoms with Crippen LogP contribution in [-0.4, -0.2) is 56.3 Å². The van der Waals surface area contributed by atoms with Gasteiger partial charge in [-0.05, 0) is 78.4 Å². The van der Waals surface area contributed by atoms with Crippen LogP contribution in [-0.2, 0) is 12.0 Å². The molecule has 4 aromatic rings. The molecule has 1 atom stereocenters. The van der Waals surface area contributed by atoms with Crippen LogP contribution in [0.15, 0.2) is 53.3 Å². The van der Waals surface area contributed by atoms with Gasteiger partial charge in [0.1, 0.15) is 11.9 Å². The number of halogens is 1. The van der Waals surface area contributed by atoms with Crippen molar-refractivity contribution in [1.82, 2.24) is 30.1 Å². The van der Waals surface area contributed by atoms with Crippen LogP contribution in [0, 0.1) is 5.82 Å².